The number of benzene rings is 1. The van der Waals surface area contributed by atoms with Crippen LogP contribution < -0.4 is 0 Å². The fraction of sp³-hybridized carbons (Fsp3) is 0.579. The molecule has 0 saturated carbocycles. The summed E-state index contributed by atoms with van der Waals surface area (Å²) < 4.78 is 0. The molecule has 5 nitrogen and oxygen atoms in total. The van der Waals surface area contributed by atoms with Crippen molar-refractivity contribution in [1.29, 1.82) is 0 Å². The molecule has 0 bridgehead atoms. The van der Waals surface area contributed by atoms with Gasteiger partial charge in [-0.05, 0) is 30.9 Å². The van der Waals surface area contributed by atoms with Gasteiger partial charge in [-0.15, -0.1) is 0 Å². The highest BCUT2D eigenvalue weighted by atomic mass is 16.2. The van der Waals surface area contributed by atoms with Crippen LogP contribution in [0.15, 0.2) is 24.3 Å². The molecular formula is C19H27N3O2. The topological polar surface area (TPSA) is 43.9 Å². The van der Waals surface area contributed by atoms with Crippen molar-refractivity contribution in [2.45, 2.75) is 26.2 Å². The van der Waals surface area contributed by atoms with E-state index in [1.165, 1.54) is 5.56 Å². The molecule has 0 radical (unpaired) electrons. The van der Waals surface area contributed by atoms with Crippen molar-refractivity contribution in [3.05, 3.63) is 35.4 Å². The molecule has 2 aliphatic heterocycles. The molecule has 130 valence electrons. The summed E-state index contributed by atoms with van der Waals surface area (Å²) in [4.78, 5) is 30.8. The standard InChI is InChI=1S/C19H27N3O2/c1-16-6-2-3-7-17(16)14-18(23)22-12-10-20(11-13-22)15-19(24)21-8-4-5-9-21/h2-3,6-7H,4-5,8-15H2,1H3. The van der Waals surface area contributed by atoms with Gasteiger partial charge in [-0.25, -0.2) is 0 Å². The van der Waals surface area contributed by atoms with Crippen LogP contribution in [0.1, 0.15) is 24.0 Å². The van der Waals surface area contributed by atoms with Crippen LogP contribution in [-0.2, 0) is 16.0 Å². The first-order valence-corrected chi connectivity index (χ1v) is 8.96. The Morgan fingerprint density at radius 2 is 1.50 bits per heavy atom. The summed E-state index contributed by atoms with van der Waals surface area (Å²) in [7, 11) is 0. The minimum absolute atomic E-state index is 0.190. The third-order valence-electron chi connectivity index (χ3n) is 5.15. The van der Waals surface area contributed by atoms with E-state index in [1.807, 2.05) is 41.0 Å². The predicted molar refractivity (Wildman–Crippen MR) is 93.7 cm³/mol. The third-order valence-corrected chi connectivity index (χ3v) is 5.15. The summed E-state index contributed by atoms with van der Waals surface area (Å²) in [6.07, 6.45) is 2.74. The lowest BCUT2D eigenvalue weighted by Gasteiger charge is -2.35. The molecule has 0 aliphatic carbocycles. The quantitative estimate of drug-likeness (QED) is 0.836. The molecule has 2 saturated heterocycles. The highest BCUT2D eigenvalue weighted by Gasteiger charge is 2.25. The second-order valence-electron chi connectivity index (χ2n) is 6.85. The molecule has 0 aromatic heterocycles. The van der Waals surface area contributed by atoms with E-state index in [-0.39, 0.29) is 11.8 Å². The highest BCUT2D eigenvalue weighted by Crippen LogP contribution is 2.12. The van der Waals surface area contributed by atoms with Gasteiger partial charge in [0.2, 0.25) is 11.8 Å². The van der Waals surface area contributed by atoms with Crippen molar-refractivity contribution in [1.82, 2.24) is 14.7 Å². The van der Waals surface area contributed by atoms with E-state index in [2.05, 4.69) is 4.90 Å². The monoisotopic (exact) mass is 329 g/mol. The normalized spacial score (nSPS) is 18.9. The number of amides is 2. The van der Waals surface area contributed by atoms with Gasteiger partial charge in [0.25, 0.3) is 0 Å². The molecule has 0 unspecified atom stereocenters. The largest absolute Gasteiger partial charge is 0.342 e. The summed E-state index contributed by atoms with van der Waals surface area (Å²) in [5.41, 5.74) is 2.27. The summed E-state index contributed by atoms with van der Waals surface area (Å²) in [6, 6.07) is 8.06. The van der Waals surface area contributed by atoms with Gasteiger partial charge in [-0.2, -0.15) is 0 Å². The zero-order chi connectivity index (χ0) is 16.9. The zero-order valence-electron chi connectivity index (χ0n) is 14.5. The number of hydrogen-bond acceptors (Lipinski definition) is 3. The second-order valence-corrected chi connectivity index (χ2v) is 6.85. The van der Waals surface area contributed by atoms with Gasteiger partial charge in [-0.3, -0.25) is 14.5 Å². The Balaban J connectivity index is 1.45. The van der Waals surface area contributed by atoms with Gasteiger partial charge < -0.3 is 9.80 Å². The Bertz CT molecular complexity index is 588. The van der Waals surface area contributed by atoms with Gasteiger partial charge in [0.1, 0.15) is 0 Å². The molecule has 1 aromatic rings. The zero-order valence-corrected chi connectivity index (χ0v) is 14.5. The maximum absolute atomic E-state index is 12.5. The van der Waals surface area contributed by atoms with E-state index < -0.39 is 0 Å². The number of hydrogen-bond donors (Lipinski definition) is 0. The van der Waals surface area contributed by atoms with Crippen molar-refractivity contribution in [3.8, 4) is 0 Å². The van der Waals surface area contributed by atoms with Crippen molar-refractivity contribution >= 4 is 11.8 Å². The fourth-order valence-electron chi connectivity index (χ4n) is 3.50. The minimum atomic E-state index is 0.190. The number of piperazine rings is 1. The van der Waals surface area contributed by atoms with Crippen molar-refractivity contribution < 1.29 is 9.59 Å². The Labute approximate surface area is 144 Å². The first kappa shape index (κ1) is 17.0. The molecule has 0 atom stereocenters. The van der Waals surface area contributed by atoms with Crippen LogP contribution >= 0.6 is 0 Å². The maximum atomic E-state index is 12.5. The average molecular weight is 329 g/mol. The lowest BCUT2D eigenvalue weighted by Crippen LogP contribution is -2.51. The number of likely N-dealkylation sites (tertiary alicyclic amines) is 1. The molecular weight excluding hydrogens is 302 g/mol. The Morgan fingerprint density at radius 1 is 0.875 bits per heavy atom. The summed E-state index contributed by atoms with van der Waals surface area (Å²) in [6.45, 7) is 7.39. The molecule has 0 spiro atoms. The van der Waals surface area contributed by atoms with E-state index in [4.69, 9.17) is 0 Å². The molecule has 2 heterocycles. The van der Waals surface area contributed by atoms with Gasteiger partial charge in [0, 0.05) is 39.3 Å². The molecule has 2 fully saturated rings. The van der Waals surface area contributed by atoms with Crippen LogP contribution in [0.2, 0.25) is 0 Å². The number of carbonyl (C=O) groups excluding carboxylic acids is 2. The van der Waals surface area contributed by atoms with Crippen LogP contribution in [0.5, 0.6) is 0 Å². The van der Waals surface area contributed by atoms with Crippen LogP contribution in [-0.4, -0.2) is 72.3 Å². The Hall–Kier alpha value is -1.88. The van der Waals surface area contributed by atoms with Crippen molar-refractivity contribution in [2.24, 2.45) is 0 Å². The molecule has 24 heavy (non-hydrogen) atoms. The molecule has 0 N–H and O–H groups in total. The molecule has 1 aromatic carbocycles. The van der Waals surface area contributed by atoms with Crippen LogP contribution in [0.25, 0.3) is 0 Å². The molecule has 2 amide bonds. The second kappa shape index (κ2) is 7.79. The SMILES string of the molecule is Cc1ccccc1CC(=O)N1CCN(CC(=O)N2CCCC2)CC1. The van der Waals surface area contributed by atoms with Crippen LogP contribution in [0, 0.1) is 6.92 Å². The first-order chi connectivity index (χ1) is 11.6. The van der Waals surface area contributed by atoms with Crippen LogP contribution in [0.3, 0.4) is 0 Å². The van der Waals surface area contributed by atoms with E-state index in [9.17, 15) is 9.59 Å². The fourth-order valence-corrected chi connectivity index (χ4v) is 3.50. The van der Waals surface area contributed by atoms with E-state index in [0.29, 0.717) is 13.0 Å². The number of nitrogens with zero attached hydrogens (tertiary/aromatic N) is 3. The Morgan fingerprint density at radius 3 is 2.17 bits per heavy atom. The lowest BCUT2D eigenvalue weighted by atomic mass is 10.1. The summed E-state index contributed by atoms with van der Waals surface area (Å²) >= 11 is 0. The molecule has 5 heteroatoms. The highest BCUT2D eigenvalue weighted by molar-refractivity contribution is 5.80. The predicted octanol–water partition coefficient (Wildman–Crippen LogP) is 1.30. The van der Waals surface area contributed by atoms with Gasteiger partial charge in [0.15, 0.2) is 0 Å². The smallest absolute Gasteiger partial charge is 0.236 e. The first-order valence-electron chi connectivity index (χ1n) is 8.96. The van der Waals surface area contributed by atoms with Gasteiger partial charge in [-0.1, -0.05) is 24.3 Å². The number of rotatable bonds is 4. The Kier molecular flexibility index (Phi) is 5.51. The van der Waals surface area contributed by atoms with Crippen molar-refractivity contribution in [2.75, 3.05) is 45.8 Å². The number of carbonyl (C=O) groups is 2. The van der Waals surface area contributed by atoms with Crippen molar-refractivity contribution in [3.63, 3.8) is 0 Å². The van der Waals surface area contributed by atoms with E-state index in [0.717, 1.165) is 57.7 Å². The van der Waals surface area contributed by atoms with Gasteiger partial charge in [0.05, 0.1) is 13.0 Å². The summed E-state index contributed by atoms with van der Waals surface area (Å²) in [5.74, 6) is 0.432. The number of aryl methyl sites for hydroxylation is 1. The third kappa shape index (κ3) is 4.15. The average Bonchev–Trinajstić information content (AvgIpc) is 3.12. The lowest BCUT2D eigenvalue weighted by molar-refractivity contribution is -0.134. The molecule has 3 rings (SSSR count). The minimum Gasteiger partial charge on any atom is -0.342 e. The molecule has 2 aliphatic rings. The van der Waals surface area contributed by atoms with Gasteiger partial charge >= 0.3 is 0 Å². The van der Waals surface area contributed by atoms with E-state index in [1.54, 1.807) is 0 Å². The summed E-state index contributed by atoms with van der Waals surface area (Å²) in [5, 5.41) is 0. The van der Waals surface area contributed by atoms with Crippen LogP contribution in [0.4, 0.5) is 0 Å². The maximum Gasteiger partial charge on any atom is 0.236 e. The van der Waals surface area contributed by atoms with E-state index >= 15 is 0 Å².